The van der Waals surface area contributed by atoms with Gasteiger partial charge in [-0.1, -0.05) is 6.07 Å². The molecule has 0 amide bonds. The highest BCUT2D eigenvalue weighted by atomic mass is 32.1. The molecule has 4 heterocycles. The summed E-state index contributed by atoms with van der Waals surface area (Å²) >= 11 is 2.42. The highest BCUT2D eigenvalue weighted by molar-refractivity contribution is 7.13. The van der Waals surface area contributed by atoms with E-state index < -0.39 is 40.7 Å². The van der Waals surface area contributed by atoms with E-state index in [0.29, 0.717) is 24.5 Å². The molecule has 0 saturated carbocycles. The summed E-state index contributed by atoms with van der Waals surface area (Å²) in [6.45, 7) is 2.17. The lowest BCUT2D eigenvalue weighted by Gasteiger charge is -2.47. The number of alkyl halides is 3. The maximum atomic E-state index is 15.7. The lowest BCUT2D eigenvalue weighted by atomic mass is 9.72. The van der Waals surface area contributed by atoms with Crippen molar-refractivity contribution in [1.82, 2.24) is 14.7 Å². The van der Waals surface area contributed by atoms with Gasteiger partial charge in [0.15, 0.2) is 11.6 Å². The summed E-state index contributed by atoms with van der Waals surface area (Å²) in [5.41, 5.74) is -0.939. The van der Waals surface area contributed by atoms with Gasteiger partial charge < -0.3 is 15.0 Å². The van der Waals surface area contributed by atoms with E-state index in [0.717, 1.165) is 68.3 Å². The molecule has 1 N–H and O–H groups in total. The number of benzene rings is 2. The number of thiazole rings is 1. The molecule has 0 unspecified atom stereocenters. The third-order valence-electron chi connectivity index (χ3n) is 7.94. The Morgan fingerprint density at radius 1 is 1.05 bits per heavy atom. The van der Waals surface area contributed by atoms with Gasteiger partial charge in [-0.25, -0.2) is 18.1 Å². The van der Waals surface area contributed by atoms with E-state index in [1.54, 1.807) is 16.5 Å². The molecule has 5 nitrogen and oxygen atoms in total. The molecule has 2 aliphatic heterocycles. The number of ether oxygens (including phenoxy) is 1. The number of hydrogen-bond acceptors (Lipinski definition) is 7. The second kappa shape index (κ2) is 11.9. The van der Waals surface area contributed by atoms with Gasteiger partial charge in [-0.05, 0) is 86.1 Å². The van der Waals surface area contributed by atoms with Crippen molar-refractivity contribution in [3.63, 3.8) is 0 Å². The predicted molar refractivity (Wildman–Crippen MR) is 156 cm³/mol. The standard InChI is InChI=1S/C30H26F6N4OS2/c31-20-3-1-4-24(26(20)33)41-23-6-5-18(13-21(32)22-16-42-28(39-22)19-14-38-43-15-19)27(25(23)30(34,35)36)40-12-2-7-29(17-40)8-10-37-11-9-29/h1,3-6,13-16,37H,2,7-12,17H2/b21-13-. The fourth-order valence-electron chi connectivity index (χ4n) is 5.89. The first-order valence-electron chi connectivity index (χ1n) is 13.7. The van der Waals surface area contributed by atoms with Gasteiger partial charge in [0.1, 0.15) is 27.8 Å². The molecule has 13 heteroatoms. The van der Waals surface area contributed by atoms with Gasteiger partial charge in [-0.2, -0.15) is 17.6 Å². The second-order valence-corrected chi connectivity index (χ2v) is 12.3. The summed E-state index contributed by atoms with van der Waals surface area (Å²) in [4.78, 5) is 5.97. The third-order valence-corrected chi connectivity index (χ3v) is 9.42. The largest absolute Gasteiger partial charge is 0.453 e. The van der Waals surface area contributed by atoms with Crippen LogP contribution in [0.5, 0.6) is 11.5 Å². The molecule has 0 radical (unpaired) electrons. The van der Waals surface area contributed by atoms with Gasteiger partial charge in [0.05, 0.1) is 11.9 Å². The van der Waals surface area contributed by atoms with Crippen molar-refractivity contribution in [2.75, 3.05) is 31.1 Å². The number of aromatic nitrogens is 2. The normalized spacial score (nSPS) is 17.4. The van der Waals surface area contributed by atoms with Crippen LogP contribution in [-0.2, 0) is 6.18 Å². The van der Waals surface area contributed by atoms with Crippen molar-refractivity contribution < 1.29 is 31.1 Å². The molecular formula is C30H26F6N4OS2. The Morgan fingerprint density at radius 3 is 2.60 bits per heavy atom. The van der Waals surface area contributed by atoms with E-state index in [1.165, 1.54) is 34.3 Å². The number of anilines is 1. The van der Waals surface area contributed by atoms with Crippen molar-refractivity contribution in [2.24, 2.45) is 5.41 Å². The second-order valence-electron chi connectivity index (χ2n) is 10.7. The summed E-state index contributed by atoms with van der Waals surface area (Å²) in [5.74, 6) is -4.84. The number of nitrogens with zero attached hydrogens (tertiary/aromatic N) is 3. The van der Waals surface area contributed by atoms with Crippen molar-refractivity contribution in [3.8, 4) is 22.1 Å². The van der Waals surface area contributed by atoms with Crippen molar-refractivity contribution in [2.45, 2.75) is 31.9 Å². The van der Waals surface area contributed by atoms with Crippen LogP contribution in [0.15, 0.2) is 47.3 Å². The van der Waals surface area contributed by atoms with Crippen LogP contribution >= 0.6 is 22.9 Å². The summed E-state index contributed by atoms with van der Waals surface area (Å²) in [7, 11) is 0. The van der Waals surface area contributed by atoms with E-state index in [2.05, 4.69) is 14.7 Å². The van der Waals surface area contributed by atoms with Crippen LogP contribution in [0, 0.1) is 17.0 Å². The Balaban J connectivity index is 1.48. The molecule has 4 aromatic rings. The summed E-state index contributed by atoms with van der Waals surface area (Å²) in [5, 5.41) is 7.11. The van der Waals surface area contributed by atoms with Crippen LogP contribution in [0.3, 0.4) is 0 Å². The van der Waals surface area contributed by atoms with Crippen molar-refractivity contribution >= 4 is 40.5 Å². The highest BCUT2D eigenvalue weighted by Gasteiger charge is 2.43. The zero-order valence-electron chi connectivity index (χ0n) is 22.7. The minimum atomic E-state index is -4.97. The van der Waals surface area contributed by atoms with E-state index in [9.17, 15) is 22.0 Å². The molecule has 0 aliphatic carbocycles. The lowest BCUT2D eigenvalue weighted by Crippen LogP contribution is -2.49. The maximum absolute atomic E-state index is 15.7. The van der Waals surface area contributed by atoms with E-state index in [4.69, 9.17) is 4.74 Å². The SMILES string of the molecule is F/C(=C\c1ccc(Oc2cccc(F)c2F)c(C(F)(F)F)c1N1CCCC2(CCNCC2)C1)c1csc(-c2cnsc2)n1. The number of rotatable bonds is 6. The molecule has 2 fully saturated rings. The van der Waals surface area contributed by atoms with Gasteiger partial charge in [-0.15, -0.1) is 11.3 Å². The first-order valence-corrected chi connectivity index (χ1v) is 15.4. The Hall–Kier alpha value is -3.42. The van der Waals surface area contributed by atoms with E-state index >= 15 is 4.39 Å². The minimum Gasteiger partial charge on any atom is -0.453 e. The number of nitrogens with one attached hydrogen (secondary N) is 1. The Kier molecular flexibility index (Phi) is 8.22. The van der Waals surface area contributed by atoms with Gasteiger partial charge >= 0.3 is 6.18 Å². The fourth-order valence-corrected chi connectivity index (χ4v) is 7.27. The molecular weight excluding hydrogens is 610 g/mol. The zero-order chi connectivity index (χ0) is 30.2. The van der Waals surface area contributed by atoms with Crippen LogP contribution in [0.1, 0.15) is 42.5 Å². The highest BCUT2D eigenvalue weighted by Crippen LogP contribution is 2.49. The lowest BCUT2D eigenvalue weighted by molar-refractivity contribution is -0.138. The summed E-state index contributed by atoms with van der Waals surface area (Å²) in [6, 6.07) is 5.38. The summed E-state index contributed by atoms with van der Waals surface area (Å²) in [6.07, 6.45) is 0.809. The molecule has 43 heavy (non-hydrogen) atoms. The monoisotopic (exact) mass is 636 g/mol. The maximum Gasteiger partial charge on any atom is 0.422 e. The molecule has 0 bridgehead atoms. The van der Waals surface area contributed by atoms with Crippen LogP contribution in [-0.4, -0.2) is 35.5 Å². The molecule has 0 atom stereocenters. The molecule has 226 valence electrons. The van der Waals surface area contributed by atoms with Gasteiger partial charge in [0.2, 0.25) is 5.82 Å². The predicted octanol–water partition coefficient (Wildman–Crippen LogP) is 8.79. The van der Waals surface area contributed by atoms with Crippen LogP contribution in [0.4, 0.5) is 32.0 Å². The van der Waals surface area contributed by atoms with Crippen LogP contribution < -0.4 is 15.0 Å². The van der Waals surface area contributed by atoms with Crippen LogP contribution in [0.25, 0.3) is 22.5 Å². The summed E-state index contributed by atoms with van der Waals surface area (Å²) < 4.78 is 98.4. The minimum absolute atomic E-state index is 0.0127. The fraction of sp³-hybridized carbons (Fsp3) is 0.333. The number of piperidine rings is 2. The quantitative estimate of drug-likeness (QED) is 0.215. The molecule has 6 rings (SSSR count). The Bertz CT molecular complexity index is 1620. The van der Waals surface area contributed by atoms with Crippen molar-refractivity contribution in [1.29, 1.82) is 0 Å². The molecule has 1 spiro atoms. The van der Waals surface area contributed by atoms with Crippen LogP contribution in [0.2, 0.25) is 0 Å². The van der Waals surface area contributed by atoms with Gasteiger partial charge in [-0.3, -0.25) is 0 Å². The average molecular weight is 637 g/mol. The molecule has 2 aromatic carbocycles. The zero-order valence-corrected chi connectivity index (χ0v) is 24.3. The van der Waals surface area contributed by atoms with Gasteiger partial charge in [0, 0.05) is 35.0 Å². The number of halogens is 6. The topological polar surface area (TPSA) is 50.3 Å². The molecule has 2 aliphatic rings. The van der Waals surface area contributed by atoms with Gasteiger partial charge in [0.25, 0.3) is 0 Å². The van der Waals surface area contributed by atoms with E-state index in [1.807, 2.05) is 0 Å². The first-order chi connectivity index (χ1) is 20.6. The Morgan fingerprint density at radius 2 is 1.86 bits per heavy atom. The average Bonchev–Trinajstić information content (AvgIpc) is 3.69. The smallest absolute Gasteiger partial charge is 0.422 e. The van der Waals surface area contributed by atoms with Crippen molar-refractivity contribution in [3.05, 3.63) is 75.7 Å². The van der Waals surface area contributed by atoms with E-state index in [-0.39, 0.29) is 22.4 Å². The third kappa shape index (κ3) is 6.16. The Labute approximate surface area is 252 Å². The molecule has 2 aromatic heterocycles. The number of hydrogen-bond donors (Lipinski definition) is 1. The molecule has 2 saturated heterocycles. The first kappa shape index (κ1) is 29.6.